The molecule has 10 heavy (non-hydrogen) atoms. The van der Waals surface area contributed by atoms with Gasteiger partial charge >= 0.3 is 8.56 Å². The lowest BCUT2D eigenvalue weighted by Crippen LogP contribution is -2.41. The van der Waals surface area contributed by atoms with Crippen molar-refractivity contribution in [2.75, 3.05) is 14.2 Å². The predicted molar refractivity (Wildman–Crippen MR) is 41.1 cm³/mol. The Labute approximate surface area is 62.6 Å². The SMILES string of the molecule is CO[Si](C)(OC)C(C)C=O. The monoisotopic (exact) mass is 162 g/mol. The van der Waals surface area contributed by atoms with Crippen LogP contribution in [0, 0.1) is 0 Å². The van der Waals surface area contributed by atoms with Crippen molar-refractivity contribution in [2.24, 2.45) is 0 Å². The van der Waals surface area contributed by atoms with E-state index in [1.165, 1.54) is 0 Å². The molecule has 0 saturated heterocycles. The fourth-order valence-corrected chi connectivity index (χ4v) is 1.74. The van der Waals surface area contributed by atoms with Gasteiger partial charge in [0, 0.05) is 14.2 Å². The molecule has 4 heteroatoms. The number of aldehydes is 1. The first-order valence-electron chi connectivity index (χ1n) is 3.16. The zero-order valence-electron chi connectivity index (χ0n) is 6.88. The molecule has 0 bridgehead atoms. The van der Waals surface area contributed by atoms with Crippen molar-refractivity contribution in [3.05, 3.63) is 0 Å². The maximum absolute atomic E-state index is 10.3. The van der Waals surface area contributed by atoms with E-state index in [1.807, 2.05) is 13.5 Å². The van der Waals surface area contributed by atoms with Gasteiger partial charge in [0.25, 0.3) is 0 Å². The molecule has 1 unspecified atom stereocenters. The standard InChI is InChI=1S/C6H14O3Si/c1-6(5-7)10(4,8-2)9-3/h5-6H,1-4H3. The minimum Gasteiger partial charge on any atom is -0.397 e. The van der Waals surface area contributed by atoms with E-state index < -0.39 is 8.56 Å². The van der Waals surface area contributed by atoms with Crippen LogP contribution in [0.1, 0.15) is 6.92 Å². The zero-order chi connectivity index (χ0) is 8.20. The molecule has 0 amide bonds. The molecule has 0 radical (unpaired) electrons. The molecule has 0 aliphatic rings. The topological polar surface area (TPSA) is 35.5 Å². The summed E-state index contributed by atoms with van der Waals surface area (Å²) in [4.78, 5) is 10.3. The highest BCUT2D eigenvalue weighted by Crippen LogP contribution is 2.19. The van der Waals surface area contributed by atoms with Crippen molar-refractivity contribution in [2.45, 2.75) is 19.0 Å². The van der Waals surface area contributed by atoms with E-state index in [4.69, 9.17) is 8.85 Å². The van der Waals surface area contributed by atoms with E-state index in [0.29, 0.717) is 0 Å². The molecule has 0 saturated carbocycles. The lowest BCUT2D eigenvalue weighted by molar-refractivity contribution is -0.108. The summed E-state index contributed by atoms with van der Waals surface area (Å²) in [6.45, 7) is 3.68. The summed E-state index contributed by atoms with van der Waals surface area (Å²) in [6, 6.07) is 0. The first-order chi connectivity index (χ1) is 4.60. The van der Waals surface area contributed by atoms with E-state index in [-0.39, 0.29) is 5.54 Å². The zero-order valence-corrected chi connectivity index (χ0v) is 7.88. The van der Waals surface area contributed by atoms with Gasteiger partial charge in [0.2, 0.25) is 0 Å². The molecule has 0 fully saturated rings. The van der Waals surface area contributed by atoms with Gasteiger partial charge in [0.05, 0.1) is 5.54 Å². The Hall–Kier alpha value is -0.193. The fraction of sp³-hybridized carbons (Fsp3) is 0.833. The Morgan fingerprint density at radius 3 is 1.90 bits per heavy atom. The lowest BCUT2D eigenvalue weighted by Gasteiger charge is -2.25. The number of hydrogen-bond donors (Lipinski definition) is 0. The second-order valence-corrected chi connectivity index (χ2v) is 6.11. The Bertz CT molecular complexity index is 112. The number of rotatable bonds is 4. The molecule has 3 nitrogen and oxygen atoms in total. The Kier molecular flexibility index (Phi) is 3.78. The molecule has 1 atom stereocenters. The summed E-state index contributed by atoms with van der Waals surface area (Å²) in [5.74, 6) is 0. The third-order valence-electron chi connectivity index (χ3n) is 1.84. The van der Waals surface area contributed by atoms with Crippen LogP contribution in [0.3, 0.4) is 0 Å². The van der Waals surface area contributed by atoms with Gasteiger partial charge in [-0.1, -0.05) is 6.92 Å². The molecule has 0 rings (SSSR count). The van der Waals surface area contributed by atoms with Crippen molar-refractivity contribution in [1.29, 1.82) is 0 Å². The van der Waals surface area contributed by atoms with Crippen molar-refractivity contribution in [3.63, 3.8) is 0 Å². The van der Waals surface area contributed by atoms with E-state index in [1.54, 1.807) is 14.2 Å². The molecule has 0 aromatic rings. The first kappa shape index (κ1) is 9.81. The smallest absolute Gasteiger partial charge is 0.344 e. The maximum Gasteiger partial charge on any atom is 0.344 e. The predicted octanol–water partition coefficient (Wildman–Crippen LogP) is 0.940. The third kappa shape index (κ3) is 1.90. The van der Waals surface area contributed by atoms with Gasteiger partial charge in [-0.05, 0) is 6.55 Å². The molecular weight excluding hydrogens is 148 g/mol. The minimum atomic E-state index is -2.17. The summed E-state index contributed by atoms with van der Waals surface area (Å²) in [5.41, 5.74) is -0.109. The second kappa shape index (κ2) is 3.85. The molecule has 0 aliphatic heterocycles. The Morgan fingerprint density at radius 1 is 1.40 bits per heavy atom. The van der Waals surface area contributed by atoms with E-state index in [9.17, 15) is 4.79 Å². The first-order valence-corrected chi connectivity index (χ1v) is 5.55. The highest BCUT2D eigenvalue weighted by molar-refractivity contribution is 6.70. The Balaban J connectivity index is 4.15. The average Bonchev–Trinajstić information content (AvgIpc) is 2.01. The summed E-state index contributed by atoms with van der Waals surface area (Å²) in [7, 11) is 0.989. The average molecular weight is 162 g/mol. The fourth-order valence-electron chi connectivity index (χ4n) is 0.579. The summed E-state index contributed by atoms with van der Waals surface area (Å²) < 4.78 is 10.3. The van der Waals surface area contributed by atoms with Crippen molar-refractivity contribution < 1.29 is 13.6 Å². The lowest BCUT2D eigenvalue weighted by atomic mass is 10.5. The molecule has 0 heterocycles. The highest BCUT2D eigenvalue weighted by atomic mass is 28.4. The van der Waals surface area contributed by atoms with E-state index in [0.717, 1.165) is 6.29 Å². The molecular formula is C6H14O3Si. The van der Waals surface area contributed by atoms with Gasteiger partial charge in [0.1, 0.15) is 6.29 Å². The van der Waals surface area contributed by atoms with Crippen LogP contribution in [0.5, 0.6) is 0 Å². The minimum absolute atomic E-state index is 0.109. The van der Waals surface area contributed by atoms with Crippen molar-refractivity contribution >= 4 is 14.8 Å². The van der Waals surface area contributed by atoms with Crippen LogP contribution < -0.4 is 0 Å². The third-order valence-corrected chi connectivity index (χ3v) is 5.25. The maximum atomic E-state index is 10.3. The molecule has 0 spiro atoms. The van der Waals surface area contributed by atoms with Gasteiger partial charge in [-0.2, -0.15) is 0 Å². The molecule has 0 aromatic carbocycles. The van der Waals surface area contributed by atoms with Crippen LogP contribution in [0.25, 0.3) is 0 Å². The van der Waals surface area contributed by atoms with E-state index in [2.05, 4.69) is 0 Å². The molecule has 0 aromatic heterocycles. The van der Waals surface area contributed by atoms with Gasteiger partial charge in [-0.15, -0.1) is 0 Å². The number of hydrogen-bond acceptors (Lipinski definition) is 3. The Morgan fingerprint density at radius 2 is 1.80 bits per heavy atom. The normalized spacial score (nSPS) is 14.8. The van der Waals surface area contributed by atoms with Crippen molar-refractivity contribution in [1.82, 2.24) is 0 Å². The summed E-state index contributed by atoms with van der Waals surface area (Å²) >= 11 is 0. The van der Waals surface area contributed by atoms with Crippen LogP contribution in [0.4, 0.5) is 0 Å². The largest absolute Gasteiger partial charge is 0.397 e. The quantitative estimate of drug-likeness (QED) is 0.456. The molecule has 0 aliphatic carbocycles. The number of carbonyl (C=O) groups is 1. The molecule has 60 valence electrons. The number of carbonyl (C=O) groups excluding carboxylic acids is 1. The highest BCUT2D eigenvalue weighted by Gasteiger charge is 2.35. The van der Waals surface area contributed by atoms with Crippen LogP contribution in [-0.2, 0) is 13.6 Å². The van der Waals surface area contributed by atoms with Crippen LogP contribution in [0.2, 0.25) is 12.1 Å². The van der Waals surface area contributed by atoms with Gasteiger partial charge in [-0.25, -0.2) is 0 Å². The summed E-state index contributed by atoms with van der Waals surface area (Å²) in [5, 5.41) is 0. The van der Waals surface area contributed by atoms with Crippen LogP contribution >= 0.6 is 0 Å². The van der Waals surface area contributed by atoms with Crippen LogP contribution in [-0.4, -0.2) is 29.1 Å². The van der Waals surface area contributed by atoms with E-state index >= 15 is 0 Å². The van der Waals surface area contributed by atoms with Gasteiger partial charge < -0.3 is 13.6 Å². The van der Waals surface area contributed by atoms with Gasteiger partial charge in [0.15, 0.2) is 0 Å². The van der Waals surface area contributed by atoms with Gasteiger partial charge in [-0.3, -0.25) is 0 Å². The molecule has 0 N–H and O–H groups in total. The van der Waals surface area contributed by atoms with Crippen LogP contribution in [0.15, 0.2) is 0 Å². The van der Waals surface area contributed by atoms with Crippen molar-refractivity contribution in [3.8, 4) is 0 Å². The summed E-state index contributed by atoms with van der Waals surface area (Å²) in [6.07, 6.45) is 0.874. The second-order valence-electron chi connectivity index (χ2n) is 2.35.